The Bertz CT molecular complexity index is 366. The lowest BCUT2D eigenvalue weighted by molar-refractivity contribution is -0.140. The third kappa shape index (κ3) is 3.42. The first-order valence-electron chi connectivity index (χ1n) is 5.07. The number of nitrogens with one attached hydrogen (secondary N) is 1. The van der Waals surface area contributed by atoms with Gasteiger partial charge in [0.2, 0.25) is 0 Å². The molecule has 88 valence electrons. The highest BCUT2D eigenvalue weighted by Gasteiger charge is 2.06. The third-order valence-electron chi connectivity index (χ3n) is 1.95. The number of esters is 1. The van der Waals surface area contributed by atoms with Crippen LogP contribution in [0.4, 0.5) is 5.69 Å². The molecule has 1 heterocycles. The largest absolute Gasteiger partial charge is 0.493 e. The molecule has 0 bridgehead atoms. The number of hydrogen-bond donors (Lipinski definition) is 1. The van der Waals surface area contributed by atoms with Crippen LogP contribution in [-0.4, -0.2) is 31.2 Å². The van der Waals surface area contributed by atoms with Gasteiger partial charge >= 0.3 is 5.97 Å². The normalized spacial score (nSPS) is 9.69. The maximum Gasteiger partial charge on any atom is 0.325 e. The van der Waals surface area contributed by atoms with E-state index in [0.29, 0.717) is 12.4 Å². The minimum absolute atomic E-state index is 0.119. The number of aryl methyl sites for hydroxylation is 1. The molecule has 0 aromatic carbocycles. The summed E-state index contributed by atoms with van der Waals surface area (Å²) in [6, 6.07) is 1.82. The first-order chi connectivity index (χ1) is 7.67. The summed E-state index contributed by atoms with van der Waals surface area (Å²) >= 11 is 0. The average Bonchev–Trinajstić information content (AvgIpc) is 2.27. The van der Waals surface area contributed by atoms with Crippen molar-refractivity contribution in [3.05, 3.63) is 18.0 Å². The van der Waals surface area contributed by atoms with Gasteiger partial charge in [-0.15, -0.1) is 0 Å². The summed E-state index contributed by atoms with van der Waals surface area (Å²) in [5.41, 5.74) is 1.59. The van der Waals surface area contributed by atoms with E-state index in [1.54, 1.807) is 20.2 Å². The number of anilines is 1. The van der Waals surface area contributed by atoms with E-state index in [2.05, 4.69) is 10.3 Å². The topological polar surface area (TPSA) is 60.5 Å². The van der Waals surface area contributed by atoms with Crippen molar-refractivity contribution in [3.63, 3.8) is 0 Å². The Labute approximate surface area is 94.8 Å². The molecule has 1 rings (SSSR count). The van der Waals surface area contributed by atoms with E-state index in [0.717, 1.165) is 11.4 Å². The molecule has 0 aliphatic carbocycles. The lowest BCUT2D eigenvalue weighted by atomic mass is 10.3. The van der Waals surface area contributed by atoms with Gasteiger partial charge in [-0.25, -0.2) is 0 Å². The van der Waals surface area contributed by atoms with Gasteiger partial charge in [0.25, 0.3) is 0 Å². The van der Waals surface area contributed by atoms with Crippen molar-refractivity contribution in [1.29, 1.82) is 0 Å². The van der Waals surface area contributed by atoms with Crippen molar-refractivity contribution >= 4 is 11.7 Å². The zero-order valence-electron chi connectivity index (χ0n) is 9.74. The lowest BCUT2D eigenvalue weighted by Crippen LogP contribution is -2.17. The monoisotopic (exact) mass is 224 g/mol. The molecule has 0 radical (unpaired) electrons. The quantitative estimate of drug-likeness (QED) is 0.765. The van der Waals surface area contributed by atoms with E-state index in [-0.39, 0.29) is 12.5 Å². The molecule has 0 atom stereocenters. The van der Waals surface area contributed by atoms with Gasteiger partial charge in [-0.2, -0.15) is 0 Å². The standard InChI is InChI=1S/C11H16N2O3/c1-4-16-11(14)7-13-9-5-8(2)12-6-10(9)15-3/h5-6H,4,7H2,1-3H3,(H,12,13). The van der Waals surface area contributed by atoms with Gasteiger partial charge in [0.15, 0.2) is 5.75 Å². The molecule has 0 saturated heterocycles. The fraction of sp³-hybridized carbons (Fsp3) is 0.455. The number of pyridine rings is 1. The van der Waals surface area contributed by atoms with Gasteiger partial charge in [-0.3, -0.25) is 9.78 Å². The van der Waals surface area contributed by atoms with Crippen LogP contribution in [0.2, 0.25) is 0 Å². The number of nitrogens with zero attached hydrogens (tertiary/aromatic N) is 1. The number of carbonyl (C=O) groups excluding carboxylic acids is 1. The summed E-state index contributed by atoms with van der Waals surface area (Å²) in [6.45, 7) is 4.14. The fourth-order valence-electron chi connectivity index (χ4n) is 1.23. The second kappa shape index (κ2) is 5.95. The molecule has 0 fully saturated rings. The third-order valence-corrected chi connectivity index (χ3v) is 1.95. The number of hydrogen-bond acceptors (Lipinski definition) is 5. The second-order valence-corrected chi connectivity index (χ2v) is 3.18. The molecule has 5 nitrogen and oxygen atoms in total. The average molecular weight is 224 g/mol. The molecule has 0 aliphatic heterocycles. The Morgan fingerprint density at radius 2 is 2.31 bits per heavy atom. The number of carbonyl (C=O) groups is 1. The second-order valence-electron chi connectivity index (χ2n) is 3.18. The Hall–Kier alpha value is -1.78. The molecule has 0 unspecified atom stereocenters. The van der Waals surface area contributed by atoms with Gasteiger partial charge in [0.1, 0.15) is 6.54 Å². The number of aromatic nitrogens is 1. The van der Waals surface area contributed by atoms with Crippen LogP contribution in [0.15, 0.2) is 12.3 Å². The lowest BCUT2D eigenvalue weighted by Gasteiger charge is -2.10. The minimum atomic E-state index is -0.293. The predicted octanol–water partition coefficient (Wildman–Crippen LogP) is 1.37. The van der Waals surface area contributed by atoms with Gasteiger partial charge < -0.3 is 14.8 Å². The van der Waals surface area contributed by atoms with Crippen molar-refractivity contribution in [2.45, 2.75) is 13.8 Å². The van der Waals surface area contributed by atoms with Crippen LogP contribution in [-0.2, 0) is 9.53 Å². The number of ether oxygens (including phenoxy) is 2. The maximum atomic E-state index is 11.2. The Balaban J connectivity index is 2.65. The zero-order valence-corrected chi connectivity index (χ0v) is 9.74. The Morgan fingerprint density at radius 1 is 1.56 bits per heavy atom. The van der Waals surface area contributed by atoms with Gasteiger partial charge in [0, 0.05) is 5.69 Å². The summed E-state index contributed by atoms with van der Waals surface area (Å²) < 4.78 is 9.92. The van der Waals surface area contributed by atoms with Crippen LogP contribution >= 0.6 is 0 Å². The number of rotatable bonds is 5. The zero-order chi connectivity index (χ0) is 12.0. The summed E-state index contributed by atoms with van der Waals surface area (Å²) in [5, 5.41) is 2.95. The highest BCUT2D eigenvalue weighted by atomic mass is 16.5. The van der Waals surface area contributed by atoms with Gasteiger partial charge in [0.05, 0.1) is 25.6 Å². The fourth-order valence-corrected chi connectivity index (χ4v) is 1.23. The highest BCUT2D eigenvalue weighted by Crippen LogP contribution is 2.22. The molecular weight excluding hydrogens is 208 g/mol. The van der Waals surface area contributed by atoms with E-state index in [9.17, 15) is 4.79 Å². The minimum Gasteiger partial charge on any atom is -0.493 e. The predicted molar refractivity (Wildman–Crippen MR) is 60.6 cm³/mol. The van der Waals surface area contributed by atoms with E-state index in [4.69, 9.17) is 9.47 Å². The first kappa shape index (κ1) is 12.3. The summed E-state index contributed by atoms with van der Waals surface area (Å²) in [4.78, 5) is 15.3. The summed E-state index contributed by atoms with van der Waals surface area (Å²) in [5.74, 6) is 0.314. The SMILES string of the molecule is CCOC(=O)CNc1cc(C)ncc1OC. The molecule has 16 heavy (non-hydrogen) atoms. The van der Waals surface area contributed by atoms with Crippen molar-refractivity contribution in [2.24, 2.45) is 0 Å². The highest BCUT2D eigenvalue weighted by molar-refractivity contribution is 5.75. The molecule has 0 amide bonds. The molecule has 1 aromatic heterocycles. The van der Waals surface area contributed by atoms with Gasteiger partial charge in [-0.05, 0) is 19.9 Å². The molecule has 1 aromatic rings. The molecule has 0 aliphatic rings. The maximum absolute atomic E-state index is 11.2. The van der Waals surface area contributed by atoms with Crippen molar-refractivity contribution in [1.82, 2.24) is 4.98 Å². The van der Waals surface area contributed by atoms with Gasteiger partial charge in [-0.1, -0.05) is 0 Å². The molecule has 0 saturated carbocycles. The van der Waals surface area contributed by atoms with Crippen LogP contribution in [0, 0.1) is 6.92 Å². The van der Waals surface area contributed by atoms with Crippen molar-refractivity contribution < 1.29 is 14.3 Å². The van der Waals surface area contributed by atoms with E-state index in [1.165, 1.54) is 0 Å². The number of methoxy groups -OCH3 is 1. The van der Waals surface area contributed by atoms with Crippen LogP contribution in [0.3, 0.4) is 0 Å². The van der Waals surface area contributed by atoms with Crippen LogP contribution < -0.4 is 10.1 Å². The Morgan fingerprint density at radius 3 is 2.94 bits per heavy atom. The van der Waals surface area contributed by atoms with Crippen molar-refractivity contribution in [2.75, 3.05) is 25.6 Å². The van der Waals surface area contributed by atoms with Crippen LogP contribution in [0.25, 0.3) is 0 Å². The van der Waals surface area contributed by atoms with E-state index in [1.807, 2.05) is 13.0 Å². The molecular formula is C11H16N2O3. The summed E-state index contributed by atoms with van der Waals surface area (Å²) in [6.07, 6.45) is 1.61. The summed E-state index contributed by atoms with van der Waals surface area (Å²) in [7, 11) is 1.56. The molecule has 0 spiro atoms. The van der Waals surface area contributed by atoms with Crippen LogP contribution in [0.5, 0.6) is 5.75 Å². The first-order valence-corrected chi connectivity index (χ1v) is 5.07. The molecule has 1 N–H and O–H groups in total. The smallest absolute Gasteiger partial charge is 0.325 e. The molecule has 5 heteroatoms. The Kier molecular flexibility index (Phi) is 4.57. The van der Waals surface area contributed by atoms with Crippen molar-refractivity contribution in [3.8, 4) is 5.75 Å². The van der Waals surface area contributed by atoms with E-state index >= 15 is 0 Å². The van der Waals surface area contributed by atoms with E-state index < -0.39 is 0 Å². The van der Waals surface area contributed by atoms with Crippen LogP contribution in [0.1, 0.15) is 12.6 Å².